The largest absolute Gasteiger partial charge is 0.237 e. The monoisotopic (exact) mass is 237 g/mol. The van der Waals surface area contributed by atoms with Crippen LogP contribution in [-0.2, 0) is 11.5 Å². The number of rotatable bonds is 1. The van der Waals surface area contributed by atoms with Crippen molar-refractivity contribution in [3.63, 3.8) is 0 Å². The summed E-state index contributed by atoms with van der Waals surface area (Å²) >= 11 is 8.10. The molecule has 3 rings (SSSR count). The Morgan fingerprint density at radius 3 is 3.00 bits per heavy atom. The van der Waals surface area contributed by atoms with Crippen LogP contribution in [0.2, 0.25) is 5.15 Å². The van der Waals surface area contributed by atoms with E-state index in [9.17, 15) is 0 Å². The third-order valence-electron chi connectivity index (χ3n) is 2.36. The molecule has 0 aliphatic carbocycles. The van der Waals surface area contributed by atoms with Gasteiger partial charge < -0.3 is 0 Å². The van der Waals surface area contributed by atoms with Crippen LogP contribution < -0.4 is 0 Å². The molecule has 0 radical (unpaired) electrons. The molecule has 0 saturated heterocycles. The lowest BCUT2D eigenvalue weighted by Gasteiger charge is -2.01. The molecule has 0 aromatic carbocycles. The fourth-order valence-corrected chi connectivity index (χ4v) is 3.03. The van der Waals surface area contributed by atoms with E-state index in [0.717, 1.165) is 28.6 Å². The van der Waals surface area contributed by atoms with Gasteiger partial charge in [-0.15, -0.1) is 0 Å². The van der Waals surface area contributed by atoms with Gasteiger partial charge in [0.05, 0.1) is 5.69 Å². The quantitative estimate of drug-likeness (QED) is 0.764. The van der Waals surface area contributed by atoms with E-state index in [1.807, 2.05) is 30.0 Å². The summed E-state index contributed by atoms with van der Waals surface area (Å²) in [5, 5.41) is 5.16. The van der Waals surface area contributed by atoms with Crippen LogP contribution in [0, 0.1) is 0 Å². The van der Waals surface area contributed by atoms with Crippen LogP contribution in [0.15, 0.2) is 24.4 Å². The number of pyridine rings is 1. The van der Waals surface area contributed by atoms with Crippen molar-refractivity contribution < 1.29 is 0 Å². The second kappa shape index (κ2) is 3.54. The predicted octanol–water partition coefficient (Wildman–Crippen LogP) is 2.67. The normalized spacial score (nSPS) is 14.2. The lowest BCUT2D eigenvalue weighted by molar-refractivity contribution is 0.830. The van der Waals surface area contributed by atoms with E-state index in [2.05, 4.69) is 10.1 Å². The molecule has 0 amide bonds. The molecule has 3 nitrogen and oxygen atoms in total. The maximum atomic E-state index is 6.25. The summed E-state index contributed by atoms with van der Waals surface area (Å²) < 4.78 is 1.71. The Bertz CT molecular complexity index is 495. The van der Waals surface area contributed by atoms with Crippen LogP contribution in [0.3, 0.4) is 0 Å². The van der Waals surface area contributed by atoms with E-state index >= 15 is 0 Å². The summed E-state index contributed by atoms with van der Waals surface area (Å²) in [6.45, 7) is 0. The van der Waals surface area contributed by atoms with Gasteiger partial charge >= 0.3 is 0 Å². The Balaban J connectivity index is 2.14. The molecule has 2 aromatic rings. The summed E-state index contributed by atoms with van der Waals surface area (Å²) in [6, 6.07) is 5.71. The zero-order valence-electron chi connectivity index (χ0n) is 7.85. The number of hydrogen-bond acceptors (Lipinski definition) is 3. The second-order valence-electron chi connectivity index (χ2n) is 3.31. The van der Waals surface area contributed by atoms with Crippen LogP contribution in [0.25, 0.3) is 5.82 Å². The first-order valence-corrected chi connectivity index (χ1v) is 6.15. The second-order valence-corrected chi connectivity index (χ2v) is 4.65. The predicted molar refractivity (Wildman–Crippen MR) is 61.4 cm³/mol. The molecular weight excluding hydrogens is 230 g/mol. The molecule has 0 bridgehead atoms. The van der Waals surface area contributed by atoms with E-state index in [4.69, 9.17) is 11.6 Å². The minimum atomic E-state index is 0.703. The van der Waals surface area contributed by atoms with Crippen molar-refractivity contribution in [2.45, 2.75) is 11.5 Å². The first kappa shape index (κ1) is 9.24. The van der Waals surface area contributed by atoms with Crippen LogP contribution in [-0.4, -0.2) is 14.8 Å². The fourth-order valence-electron chi connectivity index (χ4n) is 1.61. The van der Waals surface area contributed by atoms with Crippen molar-refractivity contribution in [3.05, 3.63) is 40.8 Å². The molecule has 0 spiro atoms. The van der Waals surface area contributed by atoms with Gasteiger partial charge in [0.15, 0.2) is 5.82 Å². The summed E-state index contributed by atoms with van der Waals surface area (Å²) in [5.41, 5.74) is 2.25. The lowest BCUT2D eigenvalue weighted by atomic mass is 10.3. The van der Waals surface area contributed by atoms with Crippen LogP contribution >= 0.6 is 23.4 Å². The first-order chi connectivity index (χ1) is 7.36. The van der Waals surface area contributed by atoms with Crippen molar-refractivity contribution >= 4 is 23.4 Å². The van der Waals surface area contributed by atoms with Gasteiger partial charge in [-0.25, -0.2) is 9.67 Å². The Labute approximate surface area is 96.5 Å². The summed E-state index contributed by atoms with van der Waals surface area (Å²) in [4.78, 5) is 4.23. The van der Waals surface area contributed by atoms with Gasteiger partial charge in [0.25, 0.3) is 0 Å². The molecular formula is C10H8ClN3S. The van der Waals surface area contributed by atoms with Crippen molar-refractivity contribution in [1.29, 1.82) is 0 Å². The highest BCUT2D eigenvalue weighted by atomic mass is 35.5. The molecule has 5 heteroatoms. The van der Waals surface area contributed by atoms with Crippen molar-refractivity contribution in [3.8, 4) is 5.82 Å². The van der Waals surface area contributed by atoms with Gasteiger partial charge in [0.2, 0.25) is 0 Å². The fraction of sp³-hybridized carbons (Fsp3) is 0.200. The highest BCUT2D eigenvalue weighted by Gasteiger charge is 2.22. The number of halogens is 1. The van der Waals surface area contributed by atoms with Crippen molar-refractivity contribution in [2.24, 2.45) is 0 Å². The number of hydrogen-bond donors (Lipinski definition) is 0. The molecule has 1 aliphatic heterocycles. The minimum Gasteiger partial charge on any atom is -0.237 e. The van der Waals surface area contributed by atoms with Gasteiger partial charge in [-0.1, -0.05) is 17.7 Å². The average Bonchev–Trinajstić information content (AvgIpc) is 2.83. The third kappa shape index (κ3) is 1.44. The average molecular weight is 238 g/mol. The van der Waals surface area contributed by atoms with E-state index in [1.54, 1.807) is 10.9 Å². The van der Waals surface area contributed by atoms with Crippen LogP contribution in [0.4, 0.5) is 0 Å². The number of aromatic nitrogens is 3. The molecule has 0 saturated carbocycles. The van der Waals surface area contributed by atoms with Crippen molar-refractivity contribution in [2.75, 3.05) is 0 Å². The highest BCUT2D eigenvalue weighted by Crippen LogP contribution is 2.35. The van der Waals surface area contributed by atoms with E-state index in [-0.39, 0.29) is 0 Å². The molecule has 2 aromatic heterocycles. The minimum absolute atomic E-state index is 0.703. The Kier molecular flexibility index (Phi) is 2.18. The Morgan fingerprint density at radius 2 is 2.27 bits per heavy atom. The molecule has 15 heavy (non-hydrogen) atoms. The molecule has 3 heterocycles. The first-order valence-electron chi connectivity index (χ1n) is 4.61. The molecule has 1 aliphatic rings. The van der Waals surface area contributed by atoms with E-state index < -0.39 is 0 Å². The SMILES string of the molecule is Clc1c2c(nn1-c1ccccn1)CSC2. The topological polar surface area (TPSA) is 30.7 Å². The maximum absolute atomic E-state index is 6.25. The zero-order chi connectivity index (χ0) is 10.3. The smallest absolute Gasteiger partial charge is 0.155 e. The summed E-state index contributed by atoms with van der Waals surface area (Å²) in [6.07, 6.45) is 1.74. The number of nitrogens with zero attached hydrogens (tertiary/aromatic N) is 3. The van der Waals surface area contributed by atoms with E-state index in [1.165, 1.54) is 0 Å². The molecule has 0 atom stereocenters. The van der Waals surface area contributed by atoms with Gasteiger partial charge in [-0.3, -0.25) is 0 Å². The Morgan fingerprint density at radius 1 is 1.33 bits per heavy atom. The Hall–Kier alpha value is -1.000. The third-order valence-corrected chi connectivity index (χ3v) is 3.71. The molecule has 0 unspecified atom stereocenters. The number of fused-ring (bicyclic) bond motifs is 1. The van der Waals surface area contributed by atoms with Gasteiger partial charge in [-0.2, -0.15) is 16.9 Å². The van der Waals surface area contributed by atoms with E-state index in [0.29, 0.717) is 5.15 Å². The maximum Gasteiger partial charge on any atom is 0.155 e. The van der Waals surface area contributed by atoms with Crippen LogP contribution in [0.1, 0.15) is 11.3 Å². The summed E-state index contributed by atoms with van der Waals surface area (Å²) in [7, 11) is 0. The van der Waals surface area contributed by atoms with Gasteiger partial charge in [-0.05, 0) is 12.1 Å². The van der Waals surface area contributed by atoms with Gasteiger partial charge in [0, 0.05) is 23.3 Å². The van der Waals surface area contributed by atoms with Gasteiger partial charge in [0.1, 0.15) is 5.15 Å². The van der Waals surface area contributed by atoms with Crippen LogP contribution in [0.5, 0.6) is 0 Å². The zero-order valence-corrected chi connectivity index (χ0v) is 9.42. The molecule has 76 valence electrons. The number of thioether (sulfide) groups is 1. The molecule has 0 fully saturated rings. The van der Waals surface area contributed by atoms with Crippen molar-refractivity contribution in [1.82, 2.24) is 14.8 Å². The molecule has 0 N–H and O–H groups in total. The highest BCUT2D eigenvalue weighted by molar-refractivity contribution is 7.98. The standard InChI is InChI=1S/C10H8ClN3S/c11-10-7-5-15-6-8(7)13-14(10)9-3-1-2-4-12-9/h1-4H,5-6H2. The lowest BCUT2D eigenvalue weighted by Crippen LogP contribution is -1.99. The summed E-state index contributed by atoms with van der Waals surface area (Å²) in [5.74, 6) is 2.69.